The van der Waals surface area contributed by atoms with E-state index < -0.39 is 0 Å². The number of hydrogen-bond donors (Lipinski definition) is 1. The van der Waals surface area contributed by atoms with E-state index >= 15 is 0 Å². The van der Waals surface area contributed by atoms with Crippen molar-refractivity contribution in [1.82, 2.24) is 10.1 Å². The van der Waals surface area contributed by atoms with Gasteiger partial charge in [0.2, 0.25) is 5.89 Å². The molecule has 3 fully saturated rings. The summed E-state index contributed by atoms with van der Waals surface area (Å²) >= 11 is 0. The zero-order valence-electron chi connectivity index (χ0n) is 11.8. The van der Waals surface area contributed by atoms with Crippen molar-refractivity contribution in [2.45, 2.75) is 63.0 Å². The third kappa shape index (κ3) is 2.17. The molecule has 2 heterocycles. The molecule has 0 amide bonds. The van der Waals surface area contributed by atoms with Gasteiger partial charge in [-0.25, -0.2) is 0 Å². The number of rotatable bonds is 3. The lowest BCUT2D eigenvalue weighted by Gasteiger charge is -2.24. The molecule has 0 radical (unpaired) electrons. The van der Waals surface area contributed by atoms with E-state index in [9.17, 15) is 0 Å². The Balaban J connectivity index is 1.45. The maximum atomic E-state index is 6.34. The Hall–Kier alpha value is -0.940. The fourth-order valence-corrected chi connectivity index (χ4v) is 4.36. The Labute approximate surface area is 119 Å². The second-order valence-electron chi connectivity index (χ2n) is 6.68. The van der Waals surface area contributed by atoms with Crippen LogP contribution >= 0.6 is 0 Å². The van der Waals surface area contributed by atoms with Crippen LogP contribution in [0, 0.1) is 11.8 Å². The smallest absolute Gasteiger partial charge is 0.231 e. The number of fused-ring (bicyclic) bond motifs is 2. The summed E-state index contributed by atoms with van der Waals surface area (Å²) in [6.45, 7) is 0.868. The Kier molecular flexibility index (Phi) is 3.27. The zero-order chi connectivity index (χ0) is 13.5. The molecule has 0 spiro atoms. The largest absolute Gasteiger partial charge is 0.378 e. The lowest BCUT2D eigenvalue weighted by atomic mass is 9.85. The van der Waals surface area contributed by atoms with Crippen molar-refractivity contribution in [1.29, 1.82) is 0 Å². The number of nitrogens with zero attached hydrogens (tertiary/aromatic N) is 2. The Morgan fingerprint density at radius 2 is 2.05 bits per heavy atom. The van der Waals surface area contributed by atoms with Crippen molar-refractivity contribution in [3.05, 3.63) is 11.7 Å². The highest BCUT2D eigenvalue weighted by molar-refractivity contribution is 5.11. The predicted octanol–water partition coefficient (Wildman–Crippen LogP) is 2.02. The van der Waals surface area contributed by atoms with Crippen molar-refractivity contribution in [2.75, 3.05) is 6.61 Å². The first-order chi connectivity index (χ1) is 9.81. The van der Waals surface area contributed by atoms with Crippen LogP contribution < -0.4 is 5.73 Å². The molecule has 1 aromatic rings. The maximum absolute atomic E-state index is 6.34. The van der Waals surface area contributed by atoms with E-state index in [1.807, 2.05) is 0 Å². The first kappa shape index (κ1) is 12.8. The molecule has 5 unspecified atom stereocenters. The van der Waals surface area contributed by atoms with Crippen LogP contribution in [0.5, 0.6) is 0 Å². The van der Waals surface area contributed by atoms with E-state index in [-0.39, 0.29) is 12.1 Å². The van der Waals surface area contributed by atoms with E-state index in [2.05, 4.69) is 10.1 Å². The van der Waals surface area contributed by atoms with Crippen LogP contribution in [0.2, 0.25) is 0 Å². The highest BCUT2D eigenvalue weighted by Crippen LogP contribution is 2.51. The van der Waals surface area contributed by atoms with Crippen LogP contribution in [0.4, 0.5) is 0 Å². The van der Waals surface area contributed by atoms with E-state index in [1.54, 1.807) is 0 Å². The molecule has 1 saturated heterocycles. The summed E-state index contributed by atoms with van der Waals surface area (Å²) in [6.07, 6.45) is 8.36. The normalized spacial score (nSPS) is 40.4. The van der Waals surface area contributed by atoms with E-state index in [0.29, 0.717) is 17.8 Å². The highest BCUT2D eigenvalue weighted by Gasteiger charge is 2.48. The van der Waals surface area contributed by atoms with Gasteiger partial charge in [-0.2, -0.15) is 4.98 Å². The fraction of sp³-hybridized carbons (Fsp3) is 0.867. The molecule has 2 aliphatic carbocycles. The summed E-state index contributed by atoms with van der Waals surface area (Å²) in [5.41, 5.74) is 6.34. The van der Waals surface area contributed by atoms with Gasteiger partial charge in [0.15, 0.2) is 5.82 Å². The summed E-state index contributed by atoms with van der Waals surface area (Å²) in [5, 5.41) is 4.15. The molecule has 110 valence electrons. The van der Waals surface area contributed by atoms with Crippen LogP contribution in [-0.4, -0.2) is 28.9 Å². The van der Waals surface area contributed by atoms with Gasteiger partial charge in [0.1, 0.15) is 0 Å². The van der Waals surface area contributed by atoms with Gasteiger partial charge in [0.25, 0.3) is 0 Å². The molecule has 4 rings (SSSR count). The van der Waals surface area contributed by atoms with Gasteiger partial charge in [0, 0.05) is 19.1 Å². The summed E-state index contributed by atoms with van der Waals surface area (Å²) < 4.78 is 11.3. The van der Waals surface area contributed by atoms with Crippen molar-refractivity contribution < 1.29 is 9.26 Å². The topological polar surface area (TPSA) is 74.2 Å². The summed E-state index contributed by atoms with van der Waals surface area (Å²) in [6, 6.07) is 0.216. The molecule has 1 aromatic heterocycles. The van der Waals surface area contributed by atoms with Crippen molar-refractivity contribution >= 4 is 0 Å². The molecule has 2 N–H and O–H groups in total. The van der Waals surface area contributed by atoms with Gasteiger partial charge in [-0.15, -0.1) is 0 Å². The predicted molar refractivity (Wildman–Crippen MR) is 73.1 cm³/mol. The third-order valence-electron chi connectivity index (χ3n) is 5.43. The van der Waals surface area contributed by atoms with Crippen LogP contribution in [0.1, 0.15) is 56.2 Å². The molecule has 5 heteroatoms. The zero-order valence-corrected chi connectivity index (χ0v) is 11.8. The van der Waals surface area contributed by atoms with E-state index in [0.717, 1.165) is 31.2 Å². The summed E-state index contributed by atoms with van der Waals surface area (Å²) in [4.78, 5) is 4.62. The van der Waals surface area contributed by atoms with Crippen molar-refractivity contribution in [2.24, 2.45) is 17.6 Å². The first-order valence-electron chi connectivity index (χ1n) is 8.01. The molecule has 5 nitrogen and oxygen atoms in total. The monoisotopic (exact) mass is 277 g/mol. The van der Waals surface area contributed by atoms with Gasteiger partial charge < -0.3 is 15.0 Å². The number of aromatic nitrogens is 2. The Morgan fingerprint density at radius 3 is 2.80 bits per heavy atom. The van der Waals surface area contributed by atoms with Crippen LogP contribution in [-0.2, 0) is 11.2 Å². The molecule has 5 atom stereocenters. The maximum Gasteiger partial charge on any atom is 0.231 e. The molecule has 20 heavy (non-hydrogen) atoms. The van der Waals surface area contributed by atoms with Crippen LogP contribution in [0.25, 0.3) is 0 Å². The van der Waals surface area contributed by atoms with Gasteiger partial charge in [-0.05, 0) is 50.4 Å². The number of ether oxygens (including phenoxy) is 1. The van der Waals surface area contributed by atoms with Gasteiger partial charge in [-0.3, -0.25) is 0 Å². The number of nitrogens with two attached hydrogens (primary N) is 1. The molecule has 2 saturated carbocycles. The molecule has 3 aliphatic rings. The highest BCUT2D eigenvalue weighted by atomic mass is 16.5. The van der Waals surface area contributed by atoms with Crippen molar-refractivity contribution in [3.63, 3.8) is 0 Å². The Bertz CT molecular complexity index is 467. The standard InChI is InChI=1S/C15H23N3O2/c16-14-10-5-4-9(7-10)13(14)15-17-12(18-20-15)8-11-3-1-2-6-19-11/h9-11,13-14H,1-8,16H2. The minimum absolute atomic E-state index is 0.216. The second-order valence-corrected chi connectivity index (χ2v) is 6.68. The van der Waals surface area contributed by atoms with Crippen LogP contribution in [0.15, 0.2) is 4.52 Å². The molecular weight excluding hydrogens is 254 g/mol. The quantitative estimate of drug-likeness (QED) is 0.915. The van der Waals surface area contributed by atoms with Gasteiger partial charge in [0.05, 0.1) is 12.0 Å². The number of hydrogen-bond acceptors (Lipinski definition) is 5. The second kappa shape index (κ2) is 5.11. The van der Waals surface area contributed by atoms with E-state index in [4.69, 9.17) is 15.0 Å². The Morgan fingerprint density at radius 1 is 1.15 bits per heavy atom. The molecule has 1 aliphatic heterocycles. The average molecular weight is 277 g/mol. The van der Waals surface area contributed by atoms with Gasteiger partial charge in [-0.1, -0.05) is 5.16 Å². The first-order valence-corrected chi connectivity index (χ1v) is 8.01. The van der Waals surface area contributed by atoms with Gasteiger partial charge >= 0.3 is 0 Å². The minimum atomic E-state index is 0.216. The summed E-state index contributed by atoms with van der Waals surface area (Å²) in [7, 11) is 0. The average Bonchev–Trinajstić information content (AvgIpc) is 3.16. The minimum Gasteiger partial charge on any atom is -0.378 e. The van der Waals surface area contributed by atoms with E-state index in [1.165, 1.54) is 32.1 Å². The SMILES string of the molecule is NC1C2CCC(C2)C1c1nc(CC2CCCCO2)no1. The lowest BCUT2D eigenvalue weighted by molar-refractivity contribution is 0.0153. The third-order valence-corrected chi connectivity index (χ3v) is 5.43. The molecular formula is C15H23N3O2. The molecule has 0 aromatic carbocycles. The summed E-state index contributed by atoms with van der Waals surface area (Å²) in [5.74, 6) is 3.19. The van der Waals surface area contributed by atoms with Crippen molar-refractivity contribution in [3.8, 4) is 0 Å². The molecule has 2 bridgehead atoms. The lowest BCUT2D eigenvalue weighted by Crippen LogP contribution is -2.34. The fourth-order valence-electron chi connectivity index (χ4n) is 4.36. The van der Waals surface area contributed by atoms with Crippen LogP contribution in [0.3, 0.4) is 0 Å².